The summed E-state index contributed by atoms with van der Waals surface area (Å²) in [5.41, 5.74) is 0. The van der Waals surface area contributed by atoms with E-state index >= 15 is 0 Å². The lowest BCUT2D eigenvalue weighted by atomic mass is 10.0. The molecule has 21 heavy (non-hydrogen) atoms. The molecule has 1 aliphatic heterocycles. The Morgan fingerprint density at radius 1 is 1.43 bits per heavy atom. The maximum Gasteiger partial charge on any atom is 0.265 e. The van der Waals surface area contributed by atoms with Gasteiger partial charge in [-0.15, -0.1) is 0 Å². The highest BCUT2D eigenvalue weighted by Crippen LogP contribution is 2.28. The summed E-state index contributed by atoms with van der Waals surface area (Å²) >= 11 is 0. The standard InChI is InChI=1S/C14H19ClFNO3S/c1-17-8-3-2-4-12(17)7-9-20-13-6-5-11(16)10-14(13)21(15,18)19/h5-6,10,12H,2-4,7-9H2,1H3. The average molecular weight is 336 g/mol. The summed E-state index contributed by atoms with van der Waals surface area (Å²) < 4.78 is 41.5. The van der Waals surface area contributed by atoms with Gasteiger partial charge in [-0.3, -0.25) is 0 Å². The Balaban J connectivity index is 2.00. The van der Waals surface area contributed by atoms with Crippen molar-refractivity contribution in [3.05, 3.63) is 24.0 Å². The number of likely N-dealkylation sites (tertiary alicyclic amines) is 1. The van der Waals surface area contributed by atoms with Crippen LogP contribution in [0.1, 0.15) is 25.7 Å². The quantitative estimate of drug-likeness (QED) is 0.776. The maximum atomic E-state index is 13.2. The molecule has 1 fully saturated rings. The molecule has 0 bridgehead atoms. The molecule has 0 aliphatic carbocycles. The molecule has 2 rings (SSSR count). The van der Waals surface area contributed by atoms with Gasteiger partial charge in [-0.25, -0.2) is 12.8 Å². The molecule has 0 saturated carbocycles. The van der Waals surface area contributed by atoms with Crippen LogP contribution in [0.3, 0.4) is 0 Å². The van der Waals surface area contributed by atoms with Gasteiger partial charge in [0.15, 0.2) is 0 Å². The predicted octanol–water partition coefficient (Wildman–Crippen LogP) is 3.01. The van der Waals surface area contributed by atoms with Gasteiger partial charge in [0.05, 0.1) is 6.61 Å². The molecule has 1 atom stereocenters. The van der Waals surface area contributed by atoms with Crippen LogP contribution in [0.5, 0.6) is 5.75 Å². The van der Waals surface area contributed by atoms with Crippen molar-refractivity contribution in [2.24, 2.45) is 0 Å². The van der Waals surface area contributed by atoms with E-state index in [1.165, 1.54) is 18.9 Å². The third-order valence-electron chi connectivity index (χ3n) is 3.80. The molecule has 7 heteroatoms. The first-order chi connectivity index (χ1) is 9.88. The zero-order valence-corrected chi connectivity index (χ0v) is 13.5. The van der Waals surface area contributed by atoms with E-state index in [9.17, 15) is 12.8 Å². The van der Waals surface area contributed by atoms with Crippen LogP contribution in [0, 0.1) is 5.82 Å². The highest BCUT2D eigenvalue weighted by atomic mass is 35.7. The minimum absolute atomic E-state index is 0.102. The third-order valence-corrected chi connectivity index (χ3v) is 5.14. The van der Waals surface area contributed by atoms with Crippen LogP contribution in [-0.2, 0) is 9.05 Å². The number of piperidine rings is 1. The SMILES string of the molecule is CN1CCCCC1CCOc1ccc(F)cc1S(=O)(=O)Cl. The minimum Gasteiger partial charge on any atom is -0.492 e. The molecule has 0 radical (unpaired) electrons. The second-order valence-electron chi connectivity index (χ2n) is 5.30. The summed E-state index contributed by atoms with van der Waals surface area (Å²) in [5.74, 6) is -0.557. The Morgan fingerprint density at radius 2 is 2.19 bits per heavy atom. The molecule has 4 nitrogen and oxygen atoms in total. The number of hydrogen-bond donors (Lipinski definition) is 0. The zero-order valence-electron chi connectivity index (χ0n) is 11.9. The largest absolute Gasteiger partial charge is 0.492 e. The van der Waals surface area contributed by atoms with Crippen LogP contribution >= 0.6 is 10.7 Å². The minimum atomic E-state index is -4.03. The van der Waals surface area contributed by atoms with Crippen molar-refractivity contribution in [1.82, 2.24) is 4.90 Å². The molecule has 0 spiro atoms. The first-order valence-corrected chi connectivity index (χ1v) is 9.26. The topological polar surface area (TPSA) is 46.6 Å². The lowest BCUT2D eigenvalue weighted by Crippen LogP contribution is -2.37. The van der Waals surface area contributed by atoms with Gasteiger partial charge >= 0.3 is 0 Å². The fourth-order valence-corrected chi connectivity index (χ4v) is 3.59. The Morgan fingerprint density at radius 3 is 2.86 bits per heavy atom. The van der Waals surface area contributed by atoms with Crippen LogP contribution in [0.2, 0.25) is 0 Å². The van der Waals surface area contributed by atoms with Gasteiger partial charge in [-0.05, 0) is 51.1 Å². The lowest BCUT2D eigenvalue weighted by molar-refractivity contribution is 0.152. The van der Waals surface area contributed by atoms with Gasteiger partial charge in [0, 0.05) is 16.7 Å². The summed E-state index contributed by atoms with van der Waals surface area (Å²) in [6.07, 6.45) is 4.33. The molecule has 1 heterocycles. The third kappa shape index (κ3) is 4.56. The zero-order chi connectivity index (χ0) is 15.5. The fourth-order valence-electron chi connectivity index (χ4n) is 2.61. The first-order valence-electron chi connectivity index (χ1n) is 6.95. The molecule has 0 N–H and O–H groups in total. The van der Waals surface area contributed by atoms with Gasteiger partial charge in [-0.2, -0.15) is 0 Å². The van der Waals surface area contributed by atoms with Gasteiger partial charge in [0.25, 0.3) is 9.05 Å². The number of ether oxygens (including phenoxy) is 1. The Hall–Kier alpha value is -0.850. The van der Waals surface area contributed by atoms with E-state index in [2.05, 4.69) is 11.9 Å². The predicted molar refractivity (Wildman–Crippen MR) is 79.8 cm³/mol. The molecule has 1 saturated heterocycles. The van der Waals surface area contributed by atoms with E-state index in [0.717, 1.165) is 31.5 Å². The smallest absolute Gasteiger partial charge is 0.265 e. The number of rotatable bonds is 5. The molecule has 0 aromatic heterocycles. The molecular formula is C14H19ClFNO3S. The number of hydrogen-bond acceptors (Lipinski definition) is 4. The molecule has 1 aromatic carbocycles. The summed E-state index contributed by atoms with van der Waals surface area (Å²) in [6.45, 7) is 1.45. The summed E-state index contributed by atoms with van der Waals surface area (Å²) in [6, 6.07) is 3.78. The van der Waals surface area contributed by atoms with Crippen LogP contribution < -0.4 is 4.74 Å². The average Bonchev–Trinajstić information content (AvgIpc) is 2.41. The van der Waals surface area contributed by atoms with Gasteiger partial charge < -0.3 is 9.64 Å². The van der Waals surface area contributed by atoms with E-state index in [0.29, 0.717) is 12.6 Å². The van der Waals surface area contributed by atoms with Crippen molar-refractivity contribution < 1.29 is 17.5 Å². The van der Waals surface area contributed by atoms with Gasteiger partial charge in [0.1, 0.15) is 16.5 Å². The van der Waals surface area contributed by atoms with Crippen LogP contribution in [0.15, 0.2) is 23.1 Å². The number of halogens is 2. The van der Waals surface area contributed by atoms with E-state index in [4.69, 9.17) is 15.4 Å². The summed E-state index contributed by atoms with van der Waals surface area (Å²) in [7, 11) is 3.36. The van der Waals surface area contributed by atoms with Crippen molar-refractivity contribution in [3.63, 3.8) is 0 Å². The Labute approximate surface area is 129 Å². The molecular weight excluding hydrogens is 317 g/mol. The maximum absolute atomic E-state index is 13.2. The van der Waals surface area contributed by atoms with Crippen molar-refractivity contribution >= 4 is 19.7 Å². The van der Waals surface area contributed by atoms with Crippen molar-refractivity contribution in [3.8, 4) is 5.75 Å². The van der Waals surface area contributed by atoms with Crippen molar-refractivity contribution in [2.75, 3.05) is 20.2 Å². The van der Waals surface area contributed by atoms with E-state index in [1.807, 2.05) is 0 Å². The normalized spacial score (nSPS) is 20.4. The Kier molecular flexibility index (Phi) is 5.46. The fraction of sp³-hybridized carbons (Fsp3) is 0.571. The molecule has 1 aliphatic rings. The molecule has 0 amide bonds. The Bertz CT molecular complexity index is 594. The second kappa shape index (κ2) is 6.94. The van der Waals surface area contributed by atoms with E-state index in [1.54, 1.807) is 0 Å². The second-order valence-corrected chi connectivity index (χ2v) is 7.83. The highest BCUT2D eigenvalue weighted by Gasteiger charge is 2.21. The van der Waals surface area contributed by atoms with E-state index in [-0.39, 0.29) is 10.6 Å². The van der Waals surface area contributed by atoms with Gasteiger partial charge in [-0.1, -0.05) is 6.42 Å². The summed E-state index contributed by atoms with van der Waals surface area (Å²) in [4.78, 5) is 1.97. The van der Waals surface area contributed by atoms with Crippen molar-refractivity contribution in [1.29, 1.82) is 0 Å². The molecule has 118 valence electrons. The lowest BCUT2D eigenvalue weighted by Gasteiger charge is -2.32. The number of benzene rings is 1. The van der Waals surface area contributed by atoms with Gasteiger partial charge in [0.2, 0.25) is 0 Å². The number of nitrogens with zero attached hydrogens (tertiary/aromatic N) is 1. The van der Waals surface area contributed by atoms with Crippen molar-refractivity contribution in [2.45, 2.75) is 36.6 Å². The molecule has 1 unspecified atom stereocenters. The van der Waals surface area contributed by atoms with Crippen LogP contribution in [0.4, 0.5) is 4.39 Å². The van der Waals surface area contributed by atoms with Crippen LogP contribution in [-0.4, -0.2) is 39.6 Å². The highest BCUT2D eigenvalue weighted by molar-refractivity contribution is 8.13. The van der Waals surface area contributed by atoms with Crippen LogP contribution in [0.25, 0.3) is 0 Å². The summed E-state index contributed by atoms with van der Waals surface area (Å²) in [5, 5.41) is 0. The monoisotopic (exact) mass is 335 g/mol. The molecule has 1 aromatic rings. The van der Waals surface area contributed by atoms with E-state index < -0.39 is 14.9 Å². The first kappa shape index (κ1) is 16.5.